The van der Waals surface area contributed by atoms with Gasteiger partial charge in [-0.05, 0) is 36.7 Å². The first-order valence-corrected chi connectivity index (χ1v) is 9.15. The summed E-state index contributed by atoms with van der Waals surface area (Å²) in [6.45, 7) is 8.12. The third kappa shape index (κ3) is 5.51. The summed E-state index contributed by atoms with van der Waals surface area (Å²) in [5.74, 6) is -0.935. The Kier molecular flexibility index (Phi) is 7.32. The fourth-order valence-electron chi connectivity index (χ4n) is 3.09. The van der Waals surface area contributed by atoms with Crippen LogP contribution in [0.5, 0.6) is 0 Å². The quantitative estimate of drug-likeness (QED) is 0.654. The zero-order chi connectivity index (χ0) is 20.0. The lowest BCUT2D eigenvalue weighted by molar-refractivity contribution is -0.132. The summed E-state index contributed by atoms with van der Waals surface area (Å²) >= 11 is 0. The Morgan fingerprint density at radius 3 is 2.48 bits per heavy atom. The molecule has 8 nitrogen and oxygen atoms in total. The number of hydrogen-bond acceptors (Lipinski definition) is 5. The van der Waals surface area contributed by atoms with Crippen molar-refractivity contribution in [1.82, 2.24) is 4.90 Å². The zero-order valence-corrected chi connectivity index (χ0v) is 16.1. The number of rotatable bonds is 8. The third-order valence-corrected chi connectivity index (χ3v) is 4.32. The predicted octanol–water partition coefficient (Wildman–Crippen LogP) is 0.820. The molecule has 0 saturated carbocycles. The van der Waals surface area contributed by atoms with Gasteiger partial charge in [-0.2, -0.15) is 0 Å². The van der Waals surface area contributed by atoms with E-state index >= 15 is 0 Å². The van der Waals surface area contributed by atoms with Gasteiger partial charge >= 0.3 is 0 Å². The van der Waals surface area contributed by atoms with Gasteiger partial charge in [-0.25, -0.2) is 0 Å². The molecule has 1 aromatic rings. The van der Waals surface area contributed by atoms with Crippen LogP contribution in [0.2, 0.25) is 0 Å². The van der Waals surface area contributed by atoms with Crippen LogP contribution in [0.4, 0.5) is 11.4 Å². The second-order valence-corrected chi connectivity index (χ2v) is 6.92. The van der Waals surface area contributed by atoms with Crippen LogP contribution >= 0.6 is 0 Å². The minimum atomic E-state index is -1.03. The Bertz CT molecular complexity index is 675. The normalized spacial score (nSPS) is 15.9. The van der Waals surface area contributed by atoms with Gasteiger partial charge in [0.25, 0.3) is 11.8 Å². The van der Waals surface area contributed by atoms with Gasteiger partial charge in [-0.1, -0.05) is 20.8 Å². The van der Waals surface area contributed by atoms with Gasteiger partial charge in [-0.15, -0.1) is 0 Å². The summed E-state index contributed by atoms with van der Waals surface area (Å²) < 4.78 is 5.12. The average molecular weight is 376 g/mol. The summed E-state index contributed by atoms with van der Waals surface area (Å²) in [5.41, 5.74) is 6.76. The maximum atomic E-state index is 12.6. The molecule has 2 rings (SSSR count). The highest BCUT2D eigenvalue weighted by Gasteiger charge is 2.30. The van der Waals surface area contributed by atoms with Crippen molar-refractivity contribution in [2.45, 2.75) is 26.8 Å². The lowest BCUT2D eigenvalue weighted by Crippen LogP contribution is -2.53. The van der Waals surface area contributed by atoms with Crippen molar-refractivity contribution in [3.63, 3.8) is 0 Å². The number of nitrogens with two attached hydrogens (primary N) is 1. The van der Waals surface area contributed by atoms with Gasteiger partial charge in [0.15, 0.2) is 6.04 Å². The molecule has 3 N–H and O–H groups in total. The molecular weight excluding hydrogens is 348 g/mol. The lowest BCUT2D eigenvalue weighted by atomic mass is 10.1. The Morgan fingerprint density at radius 1 is 1.30 bits per heavy atom. The molecule has 1 heterocycles. The minimum absolute atomic E-state index is 0.0709. The number of hydrogen-bond donors (Lipinski definition) is 2. The molecule has 1 saturated heterocycles. The highest BCUT2D eigenvalue weighted by atomic mass is 16.5. The standard InChI is InChI=1S/C19H28N4O4/c1-4-22(11-13(2)3)17(18(20)25)19(26)21-14-5-7-15(8-6-14)23-9-10-27-12-16(23)24/h5-8,13,17H,4,9-12H2,1-3H3,(H2,20,25)(H,21,26)/t17-/m0/s1. The van der Waals surface area contributed by atoms with Gasteiger partial charge in [0.05, 0.1) is 6.61 Å². The monoisotopic (exact) mass is 376 g/mol. The van der Waals surface area contributed by atoms with E-state index in [1.54, 1.807) is 34.1 Å². The number of benzene rings is 1. The van der Waals surface area contributed by atoms with Crippen LogP contribution in [0.3, 0.4) is 0 Å². The van der Waals surface area contributed by atoms with Crippen molar-refractivity contribution in [3.05, 3.63) is 24.3 Å². The molecule has 0 spiro atoms. The maximum Gasteiger partial charge on any atom is 0.253 e. The van der Waals surface area contributed by atoms with Crippen LogP contribution in [-0.2, 0) is 19.1 Å². The minimum Gasteiger partial charge on any atom is -0.370 e. The Labute approximate surface area is 159 Å². The average Bonchev–Trinajstić information content (AvgIpc) is 2.61. The van der Waals surface area contributed by atoms with Gasteiger partial charge in [0.1, 0.15) is 6.61 Å². The molecule has 8 heteroatoms. The third-order valence-electron chi connectivity index (χ3n) is 4.32. The van der Waals surface area contributed by atoms with Crippen molar-refractivity contribution < 1.29 is 19.1 Å². The van der Waals surface area contributed by atoms with E-state index in [1.807, 2.05) is 20.8 Å². The Balaban J connectivity index is 2.08. The van der Waals surface area contributed by atoms with E-state index in [4.69, 9.17) is 10.5 Å². The molecule has 1 aliphatic heterocycles. The topological polar surface area (TPSA) is 105 Å². The summed E-state index contributed by atoms with van der Waals surface area (Å²) in [4.78, 5) is 39.8. The molecule has 0 radical (unpaired) electrons. The molecule has 1 aliphatic rings. The molecule has 0 unspecified atom stereocenters. The van der Waals surface area contributed by atoms with E-state index < -0.39 is 17.9 Å². The number of primary amides is 1. The van der Waals surface area contributed by atoms with Crippen molar-refractivity contribution in [3.8, 4) is 0 Å². The van der Waals surface area contributed by atoms with Crippen molar-refractivity contribution >= 4 is 29.1 Å². The van der Waals surface area contributed by atoms with Crippen LogP contribution in [0.25, 0.3) is 0 Å². The molecule has 0 bridgehead atoms. The number of amides is 3. The largest absolute Gasteiger partial charge is 0.370 e. The maximum absolute atomic E-state index is 12.6. The molecule has 1 atom stereocenters. The molecule has 1 aromatic carbocycles. The summed E-state index contributed by atoms with van der Waals surface area (Å²) in [6.07, 6.45) is 0. The first-order valence-electron chi connectivity index (χ1n) is 9.15. The molecular formula is C19H28N4O4. The number of ether oxygens (including phenoxy) is 1. The number of anilines is 2. The van der Waals surface area contributed by atoms with Crippen molar-refractivity contribution in [1.29, 1.82) is 0 Å². The number of nitrogens with zero attached hydrogens (tertiary/aromatic N) is 2. The van der Waals surface area contributed by atoms with Gasteiger partial charge < -0.3 is 20.7 Å². The molecule has 0 aromatic heterocycles. The Morgan fingerprint density at radius 2 is 1.96 bits per heavy atom. The van der Waals surface area contributed by atoms with E-state index in [9.17, 15) is 14.4 Å². The lowest BCUT2D eigenvalue weighted by Gasteiger charge is -2.29. The van der Waals surface area contributed by atoms with Crippen molar-refractivity contribution in [2.75, 3.05) is 43.1 Å². The molecule has 0 aliphatic carbocycles. The van der Waals surface area contributed by atoms with Crippen LogP contribution in [0.15, 0.2) is 24.3 Å². The fourth-order valence-corrected chi connectivity index (χ4v) is 3.09. The van der Waals surface area contributed by atoms with E-state index in [0.29, 0.717) is 37.8 Å². The van der Waals surface area contributed by atoms with E-state index in [2.05, 4.69) is 5.32 Å². The SMILES string of the molecule is CCN(CC(C)C)[C@@H](C(N)=O)C(=O)Nc1ccc(N2CCOCC2=O)cc1. The van der Waals surface area contributed by atoms with E-state index in [0.717, 1.165) is 5.69 Å². The summed E-state index contributed by atoms with van der Waals surface area (Å²) in [7, 11) is 0. The molecule has 3 amide bonds. The number of nitrogens with one attached hydrogen (secondary N) is 1. The van der Waals surface area contributed by atoms with Crippen LogP contribution < -0.4 is 16.0 Å². The number of carbonyl (C=O) groups excluding carboxylic acids is 3. The van der Waals surface area contributed by atoms with Crippen LogP contribution in [-0.4, -0.2) is 61.5 Å². The first kappa shape index (κ1) is 20.9. The van der Waals surface area contributed by atoms with E-state index in [1.165, 1.54) is 0 Å². The van der Waals surface area contributed by atoms with Crippen LogP contribution in [0.1, 0.15) is 20.8 Å². The zero-order valence-electron chi connectivity index (χ0n) is 16.1. The van der Waals surface area contributed by atoms with Gasteiger partial charge in [-0.3, -0.25) is 19.3 Å². The number of morpholine rings is 1. The Hall–Kier alpha value is -2.45. The van der Waals surface area contributed by atoms with Crippen molar-refractivity contribution in [2.24, 2.45) is 11.7 Å². The van der Waals surface area contributed by atoms with E-state index in [-0.39, 0.29) is 12.5 Å². The van der Waals surface area contributed by atoms with Gasteiger partial charge in [0.2, 0.25) is 5.91 Å². The summed E-state index contributed by atoms with van der Waals surface area (Å²) in [5, 5.41) is 2.74. The van der Waals surface area contributed by atoms with Crippen LogP contribution in [0, 0.1) is 5.92 Å². The second-order valence-electron chi connectivity index (χ2n) is 6.92. The fraction of sp³-hybridized carbons (Fsp3) is 0.526. The molecule has 1 fully saturated rings. The number of likely N-dealkylation sites (N-methyl/N-ethyl adjacent to an activating group) is 1. The first-order chi connectivity index (χ1) is 12.8. The second kappa shape index (κ2) is 9.48. The highest BCUT2D eigenvalue weighted by Crippen LogP contribution is 2.20. The smallest absolute Gasteiger partial charge is 0.253 e. The van der Waals surface area contributed by atoms with Gasteiger partial charge in [0, 0.05) is 24.5 Å². The molecule has 27 heavy (non-hydrogen) atoms. The summed E-state index contributed by atoms with van der Waals surface area (Å²) in [6, 6.07) is 5.88. The highest BCUT2D eigenvalue weighted by molar-refractivity contribution is 6.09. The predicted molar refractivity (Wildman–Crippen MR) is 103 cm³/mol. The molecule has 148 valence electrons. The number of carbonyl (C=O) groups is 3.